The number of nitrogens with zero attached hydrogens (tertiary/aromatic N) is 7. The zero-order chi connectivity index (χ0) is 77.8. The number of allylic oxidation sites excluding steroid dienone is 1. The number of rotatable bonds is 35. The van der Waals surface area contributed by atoms with Crippen molar-refractivity contribution in [2.45, 2.75) is 181 Å². The van der Waals surface area contributed by atoms with Crippen molar-refractivity contribution in [1.82, 2.24) is 40.6 Å². The first kappa shape index (κ1) is 79.9. The molecule has 3 aromatic carbocycles. The highest BCUT2D eigenvalue weighted by Crippen LogP contribution is 2.71. The molecular weight excluding hydrogens is 1410 g/mol. The first-order valence-electron chi connectivity index (χ1n) is 37.9. The van der Waals surface area contributed by atoms with E-state index < -0.39 is 53.6 Å². The molecule has 3 aliphatic heterocycles. The van der Waals surface area contributed by atoms with E-state index in [-0.39, 0.29) is 103 Å². The fraction of sp³-hybridized carbons (Fsp3) is 0.512. The molecule has 582 valence electrons. The Kier molecular flexibility index (Phi) is 25.7. The van der Waals surface area contributed by atoms with E-state index in [1.807, 2.05) is 48.2 Å². The van der Waals surface area contributed by atoms with Crippen LogP contribution in [-0.2, 0) is 57.8 Å². The molecule has 1 saturated heterocycles. The minimum Gasteiger partial charge on any atom is -0.481 e. The number of amides is 9. The van der Waals surface area contributed by atoms with Gasteiger partial charge in [-0.25, -0.2) is 24.4 Å². The molecule has 5 heterocycles. The second kappa shape index (κ2) is 35.1. The highest BCUT2D eigenvalue weighted by molar-refractivity contribution is 7.22. The van der Waals surface area contributed by atoms with Crippen LogP contribution in [0.15, 0.2) is 102 Å². The van der Waals surface area contributed by atoms with E-state index in [1.54, 1.807) is 61.2 Å². The maximum Gasteiger partial charge on any atom is 0.410 e. The zero-order valence-corrected chi connectivity index (χ0v) is 63.6. The number of urea groups is 1. The first-order valence-corrected chi connectivity index (χ1v) is 38.7. The molecule has 2 aromatic heterocycles. The molecular formula is C80H102N14O14S. The topological polar surface area (TPSA) is 393 Å². The van der Waals surface area contributed by atoms with E-state index in [0.29, 0.717) is 142 Å². The van der Waals surface area contributed by atoms with E-state index in [2.05, 4.69) is 50.3 Å². The lowest BCUT2D eigenvalue weighted by atomic mass is 9.39. The number of aromatic carboxylic acids is 1. The zero-order valence-electron chi connectivity index (χ0n) is 62.8. The Hall–Kier alpha value is -10.1. The summed E-state index contributed by atoms with van der Waals surface area (Å²) in [5.41, 5.74) is 16.6. The standard InChI is InChI=1S/C80H102N14O14S/c1-50(2)68(89-64(95)19-7-6-10-34-94-65(96)27-28-66(94)97)72(102)86-61(17-12-32-83-74(82)105)71(101)85-54-23-21-52(22-24-54)42-107-76(106)92-36-30-55(31-37-92)91(33-13-20-67(98)99)38-39-108-80-46-77(4)43-78(5,47-80)45-79(44-77,48-80)49-84-51(3)58(40-81)56-25-26-63(88-69(56)73(103)104)93-35-29-53-14-11-15-57(59(53)41-93)70(100)90-75-87-60-16-8-9-18-62(60)109-75/h8-9,11,14-16,18,21-28,40,50,55,61,68H,6-7,10,12-13,17,19-20,29-39,41-49,81H2,1-5H3,(H,85,101)(H,86,102)(H,89,95)(H,98,99)(H,103,104)(H3,82,83,105)(H,87,90,100)/t61-,68?,77?,78?,79?,80?/m0/s1. The van der Waals surface area contributed by atoms with Crippen LogP contribution in [0.4, 0.5) is 26.2 Å². The quantitative estimate of drug-likeness (QED) is 0.0103. The van der Waals surface area contributed by atoms with Gasteiger partial charge in [0.1, 0.15) is 24.5 Å². The average molecular weight is 1520 g/mol. The van der Waals surface area contributed by atoms with Crippen LogP contribution >= 0.6 is 11.3 Å². The number of piperidine rings is 1. The number of hydrogen-bond donors (Lipinski definition) is 9. The third-order valence-corrected chi connectivity index (χ3v) is 23.0. The summed E-state index contributed by atoms with van der Waals surface area (Å²) < 4.78 is 14.0. The molecule has 4 bridgehead atoms. The fourth-order valence-electron chi connectivity index (χ4n) is 18.1. The Morgan fingerprint density at radius 1 is 0.780 bits per heavy atom. The summed E-state index contributed by atoms with van der Waals surface area (Å²) in [6.45, 7) is 14.3. The first-order chi connectivity index (χ1) is 52.1. The number of primary amides is 1. The lowest BCUT2D eigenvalue weighted by Gasteiger charge is -2.69. The number of imide groups is 1. The van der Waals surface area contributed by atoms with Gasteiger partial charge in [0.2, 0.25) is 17.7 Å². The van der Waals surface area contributed by atoms with Crippen molar-refractivity contribution in [3.8, 4) is 0 Å². The molecule has 5 aromatic rings. The van der Waals surface area contributed by atoms with E-state index in [1.165, 1.54) is 29.7 Å². The van der Waals surface area contributed by atoms with Crippen LogP contribution < -0.4 is 43.0 Å². The predicted octanol–water partition coefficient (Wildman–Crippen LogP) is 9.57. The summed E-state index contributed by atoms with van der Waals surface area (Å²) in [6, 6.07) is 20.9. The third kappa shape index (κ3) is 20.2. The van der Waals surface area contributed by atoms with Crippen molar-refractivity contribution < 1.29 is 67.6 Å². The average Bonchev–Trinajstić information content (AvgIpc) is 1.22. The minimum atomic E-state index is -1.21. The molecule has 0 radical (unpaired) electrons. The van der Waals surface area contributed by atoms with E-state index in [0.717, 1.165) is 64.8 Å². The van der Waals surface area contributed by atoms with Gasteiger partial charge in [-0.1, -0.05) is 81.9 Å². The largest absolute Gasteiger partial charge is 0.481 e. The highest BCUT2D eigenvalue weighted by Gasteiger charge is 2.66. The summed E-state index contributed by atoms with van der Waals surface area (Å²) >= 11 is 1.41. The van der Waals surface area contributed by atoms with Crippen LogP contribution in [0.5, 0.6) is 0 Å². The number of benzene rings is 3. The molecule has 0 spiro atoms. The second-order valence-corrected chi connectivity index (χ2v) is 32.4. The Morgan fingerprint density at radius 2 is 1.51 bits per heavy atom. The van der Waals surface area contributed by atoms with E-state index in [9.17, 15) is 58.2 Å². The normalized spacial score (nSPS) is 21.7. The predicted molar refractivity (Wildman–Crippen MR) is 413 cm³/mol. The minimum absolute atomic E-state index is 0.00876. The molecule has 28 nitrogen and oxygen atoms in total. The number of carboxylic acids is 2. The number of anilines is 3. The van der Waals surface area contributed by atoms with Crippen LogP contribution in [0.2, 0.25) is 0 Å². The number of aliphatic imine (C=N–C) groups is 1. The number of nitrogens with one attached hydrogen (secondary N) is 5. The highest BCUT2D eigenvalue weighted by atomic mass is 32.1. The Bertz CT molecular complexity index is 4270. The summed E-state index contributed by atoms with van der Waals surface area (Å²) in [5.74, 6) is -4.47. The number of carbonyl (C=O) groups excluding carboxylic acids is 8. The Morgan fingerprint density at radius 3 is 2.20 bits per heavy atom. The van der Waals surface area contributed by atoms with Gasteiger partial charge in [-0.15, -0.1) is 0 Å². The molecule has 7 aliphatic rings. The van der Waals surface area contributed by atoms with E-state index in [4.69, 9.17) is 30.9 Å². The number of unbranched alkanes of at least 4 members (excludes halogenated alkanes) is 2. The number of nitrogens with two attached hydrogens (primary N) is 2. The molecule has 4 saturated carbocycles. The van der Waals surface area contributed by atoms with Crippen LogP contribution in [0.1, 0.15) is 180 Å². The van der Waals surface area contributed by atoms with Crippen molar-refractivity contribution in [1.29, 1.82) is 0 Å². The molecule has 4 atom stereocenters. The number of fused-ring (bicyclic) bond motifs is 2. The maximum atomic E-state index is 13.8. The maximum absolute atomic E-state index is 13.8. The molecule has 4 aliphatic carbocycles. The third-order valence-electron chi connectivity index (χ3n) is 22.1. The molecule has 3 unspecified atom stereocenters. The van der Waals surface area contributed by atoms with Gasteiger partial charge in [0.15, 0.2) is 10.8 Å². The number of aliphatic carboxylic acids is 1. The van der Waals surface area contributed by atoms with Gasteiger partial charge in [-0.3, -0.25) is 53.7 Å². The number of thiazole rings is 1. The number of likely N-dealkylation sites (tertiary alicyclic amines) is 1. The molecule has 5 fully saturated rings. The van der Waals surface area contributed by atoms with Crippen LogP contribution in [0, 0.1) is 22.2 Å². The number of para-hydroxylation sites is 1. The van der Waals surface area contributed by atoms with Crippen molar-refractivity contribution in [3.05, 3.63) is 131 Å². The van der Waals surface area contributed by atoms with Crippen LogP contribution in [-0.4, -0.2) is 183 Å². The van der Waals surface area contributed by atoms with Gasteiger partial charge in [0.05, 0.1) is 22.4 Å². The number of carboxylic acid groups (broad SMARTS) is 2. The van der Waals surface area contributed by atoms with Gasteiger partial charge < -0.3 is 62.2 Å². The number of aromatic nitrogens is 2. The molecule has 11 N–H and O–H groups in total. The van der Waals surface area contributed by atoms with Gasteiger partial charge in [0.25, 0.3) is 17.7 Å². The summed E-state index contributed by atoms with van der Waals surface area (Å²) in [5, 5.41) is 34.9. The molecule has 109 heavy (non-hydrogen) atoms. The molecule has 12 rings (SSSR count). The van der Waals surface area contributed by atoms with Crippen molar-refractivity contribution >= 4 is 109 Å². The number of pyridine rings is 1. The molecule has 29 heteroatoms. The monoisotopic (exact) mass is 1510 g/mol. The summed E-state index contributed by atoms with van der Waals surface area (Å²) in [6.07, 6.45) is 13.4. The van der Waals surface area contributed by atoms with Crippen LogP contribution in [0.25, 0.3) is 15.8 Å². The lowest BCUT2D eigenvalue weighted by Crippen LogP contribution is -2.64. The van der Waals surface area contributed by atoms with Gasteiger partial charge in [-0.2, -0.15) is 0 Å². The Labute approximate surface area is 638 Å². The molecule has 9 amide bonds. The summed E-state index contributed by atoms with van der Waals surface area (Å²) in [7, 11) is 0. The Balaban J connectivity index is 0.661. The van der Waals surface area contributed by atoms with E-state index >= 15 is 0 Å². The smallest absolute Gasteiger partial charge is 0.410 e. The van der Waals surface area contributed by atoms with Crippen molar-refractivity contribution in [3.63, 3.8) is 0 Å². The number of hydrogen-bond acceptors (Lipinski definition) is 19. The number of ether oxygens (including phenoxy) is 2. The second-order valence-electron chi connectivity index (χ2n) is 31.4. The van der Waals surface area contributed by atoms with Gasteiger partial charge in [0, 0.05) is 118 Å². The van der Waals surface area contributed by atoms with Crippen molar-refractivity contribution in [2.24, 2.45) is 38.6 Å². The van der Waals surface area contributed by atoms with Gasteiger partial charge in [-0.05, 0) is 185 Å². The number of carbonyl (C=O) groups is 10. The van der Waals surface area contributed by atoms with Crippen LogP contribution in [0.3, 0.4) is 0 Å². The SMILES string of the molecule is CC(=NCC12CC3(C)CC(C)(C1)CC(OCCN(CCCC(=O)O)C1CCN(C(=O)OCc4ccc(NC(=O)[C@H](CCCNC(N)=O)NC(=O)C(NC(=O)CCCCCN5C(=O)C=CC5=O)C(C)C)cc4)CC1)(C3)C2)C(=CN)c1ccc(N2CCc3cccc(C(=O)Nc4nc5ccccc5s4)c3C2)nc1C(=O)O. The van der Waals surface area contributed by atoms with Crippen molar-refractivity contribution in [2.75, 3.05) is 74.5 Å². The summed E-state index contributed by atoms with van der Waals surface area (Å²) in [4.78, 5) is 150. The fourth-order valence-corrected chi connectivity index (χ4v) is 18.9. The lowest BCUT2D eigenvalue weighted by molar-refractivity contribution is -0.243. The van der Waals surface area contributed by atoms with Gasteiger partial charge >= 0.3 is 24.1 Å².